The molecule has 0 aromatic heterocycles. The molecule has 2 aliphatic rings. The van der Waals surface area contributed by atoms with Crippen LogP contribution in [-0.4, -0.2) is 51.5 Å². The standard InChI is InChI=1S/C11H20N2O3/c1-8(9-4-12-5-9)11(14)13-6-10-7-15-2-3-16-10/h8-10,12H,2-7H2,1H3,(H,13,14). The maximum atomic E-state index is 11.8. The molecule has 2 rings (SSSR count). The lowest BCUT2D eigenvalue weighted by Crippen LogP contribution is -2.50. The fourth-order valence-corrected chi connectivity index (χ4v) is 1.91. The molecule has 0 aromatic rings. The van der Waals surface area contributed by atoms with Gasteiger partial charge in [0.2, 0.25) is 5.91 Å². The summed E-state index contributed by atoms with van der Waals surface area (Å²) < 4.78 is 10.7. The van der Waals surface area contributed by atoms with Gasteiger partial charge in [-0.25, -0.2) is 0 Å². The number of amides is 1. The van der Waals surface area contributed by atoms with E-state index in [1.54, 1.807) is 0 Å². The Morgan fingerprint density at radius 3 is 2.88 bits per heavy atom. The van der Waals surface area contributed by atoms with Crippen molar-refractivity contribution in [1.29, 1.82) is 0 Å². The molecular formula is C11H20N2O3. The van der Waals surface area contributed by atoms with Gasteiger partial charge in [0.05, 0.1) is 25.9 Å². The number of hydrogen-bond acceptors (Lipinski definition) is 4. The lowest BCUT2D eigenvalue weighted by Gasteiger charge is -2.32. The van der Waals surface area contributed by atoms with Gasteiger partial charge in [-0.2, -0.15) is 0 Å². The average molecular weight is 228 g/mol. The van der Waals surface area contributed by atoms with Crippen molar-refractivity contribution in [3.05, 3.63) is 0 Å². The van der Waals surface area contributed by atoms with Gasteiger partial charge in [0, 0.05) is 12.5 Å². The first-order valence-electron chi connectivity index (χ1n) is 5.95. The van der Waals surface area contributed by atoms with E-state index < -0.39 is 0 Å². The van der Waals surface area contributed by atoms with Crippen LogP contribution in [0.15, 0.2) is 0 Å². The molecule has 0 spiro atoms. The van der Waals surface area contributed by atoms with Crippen LogP contribution in [0.3, 0.4) is 0 Å². The summed E-state index contributed by atoms with van der Waals surface area (Å²) in [5, 5.41) is 6.11. The smallest absolute Gasteiger partial charge is 0.223 e. The third-order valence-corrected chi connectivity index (χ3v) is 3.32. The molecule has 2 fully saturated rings. The van der Waals surface area contributed by atoms with Crippen LogP contribution < -0.4 is 10.6 Å². The molecule has 2 saturated heterocycles. The van der Waals surface area contributed by atoms with Gasteiger partial charge < -0.3 is 20.1 Å². The Kier molecular flexibility index (Phi) is 4.15. The van der Waals surface area contributed by atoms with Crippen LogP contribution in [0.2, 0.25) is 0 Å². The molecule has 2 atom stereocenters. The SMILES string of the molecule is CC(C(=O)NCC1COCCO1)C1CNC1. The van der Waals surface area contributed by atoms with Crippen LogP contribution in [0.5, 0.6) is 0 Å². The van der Waals surface area contributed by atoms with E-state index in [9.17, 15) is 4.79 Å². The molecule has 2 N–H and O–H groups in total. The summed E-state index contributed by atoms with van der Waals surface area (Å²) in [7, 11) is 0. The molecule has 16 heavy (non-hydrogen) atoms. The summed E-state index contributed by atoms with van der Waals surface area (Å²) in [5.74, 6) is 0.704. The molecule has 2 heterocycles. The minimum absolute atomic E-state index is 0.0180. The number of ether oxygens (including phenoxy) is 2. The second-order valence-electron chi connectivity index (χ2n) is 4.52. The maximum Gasteiger partial charge on any atom is 0.223 e. The average Bonchev–Trinajstić information content (AvgIpc) is 2.25. The molecule has 0 radical (unpaired) electrons. The van der Waals surface area contributed by atoms with Gasteiger partial charge in [-0.05, 0) is 19.0 Å². The molecule has 2 unspecified atom stereocenters. The van der Waals surface area contributed by atoms with Crippen molar-refractivity contribution < 1.29 is 14.3 Å². The fourth-order valence-electron chi connectivity index (χ4n) is 1.91. The normalized spacial score (nSPS) is 28.2. The predicted molar refractivity (Wildman–Crippen MR) is 59.1 cm³/mol. The number of carbonyl (C=O) groups is 1. The minimum atomic E-state index is 0.0180. The maximum absolute atomic E-state index is 11.8. The Morgan fingerprint density at radius 2 is 2.31 bits per heavy atom. The van der Waals surface area contributed by atoms with Crippen molar-refractivity contribution in [2.45, 2.75) is 13.0 Å². The molecule has 0 bridgehead atoms. The summed E-state index contributed by atoms with van der Waals surface area (Å²) in [6, 6.07) is 0. The molecule has 1 amide bonds. The predicted octanol–water partition coefficient (Wildman–Crippen LogP) is -0.626. The molecule has 0 aromatic carbocycles. The van der Waals surface area contributed by atoms with Gasteiger partial charge >= 0.3 is 0 Å². The lowest BCUT2D eigenvalue weighted by molar-refractivity contribution is -0.129. The third-order valence-electron chi connectivity index (χ3n) is 3.32. The van der Waals surface area contributed by atoms with Crippen LogP contribution in [0, 0.1) is 11.8 Å². The molecule has 92 valence electrons. The molecular weight excluding hydrogens is 208 g/mol. The lowest BCUT2D eigenvalue weighted by atomic mass is 9.88. The quantitative estimate of drug-likeness (QED) is 0.673. The Hall–Kier alpha value is -0.650. The first-order valence-corrected chi connectivity index (χ1v) is 5.95. The molecule has 2 aliphatic heterocycles. The highest BCUT2D eigenvalue weighted by Gasteiger charge is 2.29. The Balaban J connectivity index is 1.65. The second kappa shape index (κ2) is 5.61. The zero-order valence-corrected chi connectivity index (χ0v) is 9.70. The van der Waals surface area contributed by atoms with Gasteiger partial charge in [0.1, 0.15) is 0 Å². The highest BCUT2D eigenvalue weighted by molar-refractivity contribution is 5.78. The van der Waals surface area contributed by atoms with E-state index in [4.69, 9.17) is 9.47 Å². The van der Waals surface area contributed by atoms with E-state index in [1.807, 2.05) is 6.92 Å². The van der Waals surface area contributed by atoms with Crippen molar-refractivity contribution in [1.82, 2.24) is 10.6 Å². The van der Waals surface area contributed by atoms with Crippen molar-refractivity contribution in [3.8, 4) is 0 Å². The van der Waals surface area contributed by atoms with Gasteiger partial charge in [-0.3, -0.25) is 4.79 Å². The number of nitrogens with one attached hydrogen (secondary N) is 2. The monoisotopic (exact) mass is 228 g/mol. The largest absolute Gasteiger partial charge is 0.376 e. The van der Waals surface area contributed by atoms with Crippen LogP contribution in [0.1, 0.15) is 6.92 Å². The van der Waals surface area contributed by atoms with E-state index in [0.29, 0.717) is 32.3 Å². The summed E-state index contributed by atoms with van der Waals surface area (Å²) in [4.78, 5) is 11.8. The van der Waals surface area contributed by atoms with Crippen molar-refractivity contribution >= 4 is 5.91 Å². The van der Waals surface area contributed by atoms with Crippen LogP contribution in [0.25, 0.3) is 0 Å². The highest BCUT2D eigenvalue weighted by atomic mass is 16.6. The Labute approximate surface area is 95.9 Å². The van der Waals surface area contributed by atoms with Gasteiger partial charge in [-0.1, -0.05) is 6.92 Å². The summed E-state index contributed by atoms with van der Waals surface area (Å²) in [6.45, 7) is 6.33. The van der Waals surface area contributed by atoms with Gasteiger partial charge in [0.15, 0.2) is 0 Å². The second-order valence-corrected chi connectivity index (χ2v) is 4.52. The Morgan fingerprint density at radius 1 is 1.50 bits per heavy atom. The van der Waals surface area contributed by atoms with Crippen LogP contribution in [-0.2, 0) is 14.3 Å². The molecule has 5 nitrogen and oxygen atoms in total. The molecule has 0 aliphatic carbocycles. The van der Waals surface area contributed by atoms with Crippen molar-refractivity contribution in [2.24, 2.45) is 11.8 Å². The highest BCUT2D eigenvalue weighted by Crippen LogP contribution is 2.15. The number of rotatable bonds is 4. The zero-order chi connectivity index (χ0) is 11.4. The van der Waals surface area contributed by atoms with Crippen molar-refractivity contribution in [3.63, 3.8) is 0 Å². The molecule has 5 heteroatoms. The number of carbonyl (C=O) groups excluding carboxylic acids is 1. The first-order chi connectivity index (χ1) is 7.77. The zero-order valence-electron chi connectivity index (χ0n) is 9.70. The van der Waals surface area contributed by atoms with E-state index in [-0.39, 0.29) is 17.9 Å². The van der Waals surface area contributed by atoms with E-state index in [2.05, 4.69) is 10.6 Å². The van der Waals surface area contributed by atoms with Crippen LogP contribution in [0.4, 0.5) is 0 Å². The van der Waals surface area contributed by atoms with Gasteiger partial charge in [-0.15, -0.1) is 0 Å². The summed E-state index contributed by atoms with van der Waals surface area (Å²) >= 11 is 0. The first kappa shape index (κ1) is 11.8. The molecule has 0 saturated carbocycles. The summed E-state index contributed by atoms with van der Waals surface area (Å²) in [6.07, 6.45) is 0.0180. The van der Waals surface area contributed by atoms with E-state index >= 15 is 0 Å². The topological polar surface area (TPSA) is 59.6 Å². The minimum Gasteiger partial charge on any atom is -0.376 e. The third kappa shape index (κ3) is 2.93. The summed E-state index contributed by atoms with van der Waals surface area (Å²) in [5.41, 5.74) is 0. The van der Waals surface area contributed by atoms with Crippen LogP contribution >= 0.6 is 0 Å². The van der Waals surface area contributed by atoms with Crippen molar-refractivity contribution in [2.75, 3.05) is 39.5 Å². The van der Waals surface area contributed by atoms with E-state index in [1.165, 1.54) is 0 Å². The Bertz CT molecular complexity index is 237. The fraction of sp³-hybridized carbons (Fsp3) is 0.909. The van der Waals surface area contributed by atoms with E-state index in [0.717, 1.165) is 13.1 Å². The number of hydrogen-bond donors (Lipinski definition) is 2. The van der Waals surface area contributed by atoms with Gasteiger partial charge in [0.25, 0.3) is 0 Å².